The molecule has 5 heteroatoms. The van der Waals surface area contributed by atoms with E-state index < -0.39 is 0 Å². The standard InChI is InChI=1S/C16H23N5/c1-12(2)20-7-4-5-14(11-20)15-9-17-10-16(19-15)21-8-6-18-13(21)3/h6,8-10,12,14H,4-5,7,11H2,1-3H3. The van der Waals surface area contributed by atoms with Crippen LogP contribution in [-0.4, -0.2) is 43.6 Å². The van der Waals surface area contributed by atoms with Crippen molar-refractivity contribution < 1.29 is 0 Å². The van der Waals surface area contributed by atoms with E-state index in [2.05, 4.69) is 28.7 Å². The summed E-state index contributed by atoms with van der Waals surface area (Å²) in [6.07, 6.45) is 9.89. The van der Waals surface area contributed by atoms with Gasteiger partial charge in [0.1, 0.15) is 5.82 Å². The van der Waals surface area contributed by atoms with E-state index in [4.69, 9.17) is 4.98 Å². The van der Waals surface area contributed by atoms with Crippen LogP contribution in [0.2, 0.25) is 0 Å². The van der Waals surface area contributed by atoms with E-state index in [0.717, 1.165) is 23.9 Å². The Morgan fingerprint density at radius 2 is 2.14 bits per heavy atom. The molecular formula is C16H23N5. The van der Waals surface area contributed by atoms with Crippen molar-refractivity contribution in [2.45, 2.75) is 45.6 Å². The largest absolute Gasteiger partial charge is 0.300 e. The van der Waals surface area contributed by atoms with Crippen molar-refractivity contribution in [3.63, 3.8) is 0 Å². The summed E-state index contributed by atoms with van der Waals surface area (Å²) >= 11 is 0. The van der Waals surface area contributed by atoms with Gasteiger partial charge in [-0.2, -0.15) is 0 Å². The Balaban J connectivity index is 1.84. The average Bonchev–Trinajstić information content (AvgIpc) is 2.94. The Kier molecular flexibility index (Phi) is 4.01. The number of aromatic nitrogens is 4. The number of hydrogen-bond acceptors (Lipinski definition) is 4. The Morgan fingerprint density at radius 1 is 1.29 bits per heavy atom. The second-order valence-corrected chi connectivity index (χ2v) is 6.07. The van der Waals surface area contributed by atoms with Crippen LogP contribution in [0.4, 0.5) is 0 Å². The van der Waals surface area contributed by atoms with Gasteiger partial charge in [0, 0.05) is 37.1 Å². The Labute approximate surface area is 126 Å². The predicted molar refractivity (Wildman–Crippen MR) is 82.6 cm³/mol. The summed E-state index contributed by atoms with van der Waals surface area (Å²) in [7, 11) is 0. The molecule has 0 N–H and O–H groups in total. The first-order valence-electron chi connectivity index (χ1n) is 7.71. The van der Waals surface area contributed by atoms with Gasteiger partial charge in [-0.05, 0) is 40.2 Å². The smallest absolute Gasteiger partial charge is 0.156 e. The molecule has 3 heterocycles. The van der Waals surface area contributed by atoms with Crippen LogP contribution < -0.4 is 0 Å². The maximum Gasteiger partial charge on any atom is 0.156 e. The number of likely N-dealkylation sites (tertiary alicyclic amines) is 1. The fourth-order valence-electron chi connectivity index (χ4n) is 3.02. The molecule has 0 spiro atoms. The molecule has 0 saturated carbocycles. The zero-order valence-electron chi connectivity index (χ0n) is 13.0. The van der Waals surface area contributed by atoms with Crippen molar-refractivity contribution in [1.29, 1.82) is 0 Å². The molecular weight excluding hydrogens is 262 g/mol. The molecule has 2 aromatic heterocycles. The quantitative estimate of drug-likeness (QED) is 0.869. The zero-order valence-corrected chi connectivity index (χ0v) is 13.0. The topological polar surface area (TPSA) is 46.8 Å². The Morgan fingerprint density at radius 3 is 2.86 bits per heavy atom. The van der Waals surface area contributed by atoms with Crippen molar-refractivity contribution in [2.24, 2.45) is 0 Å². The lowest BCUT2D eigenvalue weighted by molar-refractivity contribution is 0.166. The summed E-state index contributed by atoms with van der Waals surface area (Å²) in [5.74, 6) is 2.29. The van der Waals surface area contributed by atoms with Crippen LogP contribution in [0, 0.1) is 6.92 Å². The minimum absolute atomic E-state index is 0.484. The predicted octanol–water partition coefficient (Wildman–Crippen LogP) is 2.56. The molecule has 0 bridgehead atoms. The minimum Gasteiger partial charge on any atom is -0.300 e. The van der Waals surface area contributed by atoms with Gasteiger partial charge < -0.3 is 4.90 Å². The first kappa shape index (κ1) is 14.2. The molecule has 0 aromatic carbocycles. The molecule has 3 rings (SSSR count). The van der Waals surface area contributed by atoms with Crippen LogP contribution >= 0.6 is 0 Å². The lowest BCUT2D eigenvalue weighted by Crippen LogP contribution is -2.39. The van der Waals surface area contributed by atoms with E-state index in [1.54, 1.807) is 12.4 Å². The first-order chi connectivity index (χ1) is 10.1. The molecule has 0 aliphatic carbocycles. The monoisotopic (exact) mass is 285 g/mol. The van der Waals surface area contributed by atoms with E-state index in [0.29, 0.717) is 12.0 Å². The molecule has 1 aliphatic heterocycles. The molecule has 0 amide bonds. The number of rotatable bonds is 3. The highest BCUT2D eigenvalue weighted by molar-refractivity contribution is 5.23. The van der Waals surface area contributed by atoms with Gasteiger partial charge in [0.15, 0.2) is 5.82 Å². The maximum absolute atomic E-state index is 4.83. The van der Waals surface area contributed by atoms with Gasteiger partial charge in [-0.25, -0.2) is 9.97 Å². The number of aryl methyl sites for hydroxylation is 1. The third kappa shape index (κ3) is 2.97. The van der Waals surface area contributed by atoms with Gasteiger partial charge in [0.05, 0.1) is 11.9 Å². The van der Waals surface area contributed by atoms with Gasteiger partial charge in [0.25, 0.3) is 0 Å². The molecule has 1 atom stereocenters. The minimum atomic E-state index is 0.484. The highest BCUT2D eigenvalue weighted by Crippen LogP contribution is 2.26. The number of nitrogens with zero attached hydrogens (tertiary/aromatic N) is 5. The summed E-state index contributed by atoms with van der Waals surface area (Å²) in [5.41, 5.74) is 1.10. The number of hydrogen-bond donors (Lipinski definition) is 0. The van der Waals surface area contributed by atoms with Crippen LogP contribution in [0.3, 0.4) is 0 Å². The normalized spacial score (nSPS) is 20.1. The lowest BCUT2D eigenvalue weighted by atomic mass is 9.94. The number of piperidine rings is 1. The van der Waals surface area contributed by atoms with E-state index in [1.807, 2.05) is 23.9 Å². The second-order valence-electron chi connectivity index (χ2n) is 6.07. The van der Waals surface area contributed by atoms with Crippen molar-refractivity contribution >= 4 is 0 Å². The molecule has 1 saturated heterocycles. The first-order valence-corrected chi connectivity index (χ1v) is 7.71. The third-order valence-corrected chi connectivity index (χ3v) is 4.31. The fraction of sp³-hybridized carbons (Fsp3) is 0.562. The van der Waals surface area contributed by atoms with Gasteiger partial charge in [-0.1, -0.05) is 0 Å². The molecule has 5 nitrogen and oxygen atoms in total. The van der Waals surface area contributed by atoms with Crippen molar-refractivity contribution in [3.05, 3.63) is 36.3 Å². The van der Waals surface area contributed by atoms with Crippen molar-refractivity contribution in [1.82, 2.24) is 24.4 Å². The molecule has 1 aliphatic rings. The third-order valence-electron chi connectivity index (χ3n) is 4.31. The van der Waals surface area contributed by atoms with Crippen molar-refractivity contribution in [3.8, 4) is 5.82 Å². The molecule has 1 unspecified atom stereocenters. The molecule has 2 aromatic rings. The zero-order chi connectivity index (χ0) is 14.8. The van der Waals surface area contributed by atoms with Crippen LogP contribution in [0.15, 0.2) is 24.8 Å². The maximum atomic E-state index is 4.83. The molecule has 1 fully saturated rings. The highest BCUT2D eigenvalue weighted by atomic mass is 15.2. The molecule has 21 heavy (non-hydrogen) atoms. The Hall–Kier alpha value is -1.75. The summed E-state index contributed by atoms with van der Waals surface area (Å²) < 4.78 is 1.99. The van der Waals surface area contributed by atoms with Crippen LogP contribution in [-0.2, 0) is 0 Å². The SMILES string of the molecule is Cc1nccn1-c1cncc(C2CCCN(C(C)C)C2)n1. The lowest BCUT2D eigenvalue weighted by Gasteiger charge is -2.35. The summed E-state index contributed by atoms with van der Waals surface area (Å²) in [6.45, 7) is 8.79. The molecule has 0 radical (unpaired) electrons. The van der Waals surface area contributed by atoms with E-state index in [1.165, 1.54) is 19.4 Å². The fourth-order valence-corrected chi connectivity index (χ4v) is 3.02. The van der Waals surface area contributed by atoms with Crippen LogP contribution in [0.25, 0.3) is 5.82 Å². The average molecular weight is 285 g/mol. The van der Waals surface area contributed by atoms with Gasteiger partial charge in [0.2, 0.25) is 0 Å². The van der Waals surface area contributed by atoms with E-state index in [9.17, 15) is 0 Å². The summed E-state index contributed by atoms with van der Waals surface area (Å²) in [6, 6.07) is 0.597. The van der Waals surface area contributed by atoms with Gasteiger partial charge in [-0.3, -0.25) is 9.55 Å². The van der Waals surface area contributed by atoms with Crippen molar-refractivity contribution in [2.75, 3.05) is 13.1 Å². The van der Waals surface area contributed by atoms with Gasteiger partial charge in [-0.15, -0.1) is 0 Å². The highest BCUT2D eigenvalue weighted by Gasteiger charge is 2.24. The van der Waals surface area contributed by atoms with E-state index in [-0.39, 0.29) is 0 Å². The van der Waals surface area contributed by atoms with Crippen LogP contribution in [0.1, 0.15) is 44.1 Å². The van der Waals surface area contributed by atoms with Gasteiger partial charge >= 0.3 is 0 Å². The van der Waals surface area contributed by atoms with E-state index >= 15 is 0 Å². The Bertz CT molecular complexity index is 604. The number of imidazole rings is 1. The summed E-state index contributed by atoms with van der Waals surface area (Å²) in [4.78, 5) is 16.0. The summed E-state index contributed by atoms with van der Waals surface area (Å²) in [5, 5.41) is 0. The second kappa shape index (κ2) is 5.93. The molecule has 112 valence electrons. The van der Waals surface area contributed by atoms with Crippen LogP contribution in [0.5, 0.6) is 0 Å².